The maximum Gasteiger partial charge on any atom is 0.416 e. The van der Waals surface area contributed by atoms with E-state index in [1.54, 1.807) is 20.9 Å². The zero-order valence-electron chi connectivity index (χ0n) is 15.2. The van der Waals surface area contributed by atoms with E-state index >= 15 is 0 Å². The lowest BCUT2D eigenvalue weighted by Gasteiger charge is -2.13. The third-order valence-electron chi connectivity index (χ3n) is 1.93. The summed E-state index contributed by atoms with van der Waals surface area (Å²) in [4.78, 5) is 19.6. The number of carbonyl (C=O) groups is 1. The van der Waals surface area contributed by atoms with Crippen molar-refractivity contribution in [2.24, 2.45) is 0 Å². The molecular weight excluding hydrogens is 208 g/mol. The highest BCUT2D eigenvalue weighted by molar-refractivity contribution is 5.70. The number of aryl methyl sites for hydroxylation is 1. The summed E-state index contributed by atoms with van der Waals surface area (Å²) < 4.78 is 47.9. The van der Waals surface area contributed by atoms with Gasteiger partial charge in [-0.25, -0.2) is 9.78 Å². The van der Waals surface area contributed by atoms with Gasteiger partial charge in [0.2, 0.25) is 11.8 Å². The Hall–Kier alpha value is -1.85. The molecule has 88 valence electrons. The summed E-state index contributed by atoms with van der Waals surface area (Å²) in [6.45, 7) is -3.15. The molecule has 0 saturated carbocycles. The zero-order valence-corrected chi connectivity index (χ0v) is 9.16. The molecule has 1 N–H and O–H groups in total. The van der Waals surface area contributed by atoms with Crippen LogP contribution in [0.15, 0.2) is 0 Å². The van der Waals surface area contributed by atoms with Crippen molar-refractivity contribution in [3.05, 3.63) is 11.3 Å². The second-order valence-corrected chi connectivity index (χ2v) is 3.02. The predicted octanol–water partition coefficient (Wildman–Crippen LogP) is 1.20. The summed E-state index contributed by atoms with van der Waals surface area (Å²) in [7, 11) is 1.55. The van der Waals surface area contributed by atoms with Gasteiger partial charge in [-0.3, -0.25) is 0 Å². The Morgan fingerprint density at radius 1 is 1.44 bits per heavy atom. The van der Waals surface area contributed by atoms with Crippen molar-refractivity contribution in [2.75, 3.05) is 26.3 Å². The van der Waals surface area contributed by atoms with Crippen molar-refractivity contribution < 1.29 is 17.8 Å². The van der Waals surface area contributed by atoms with Crippen LogP contribution >= 0.6 is 0 Å². The smallest absolute Gasteiger partial charge is 0.391 e. The Morgan fingerprint density at radius 3 is 2.69 bits per heavy atom. The van der Waals surface area contributed by atoms with E-state index in [0.29, 0.717) is 11.3 Å². The third-order valence-corrected chi connectivity index (χ3v) is 1.93. The van der Waals surface area contributed by atoms with Crippen molar-refractivity contribution in [3.63, 3.8) is 0 Å². The minimum Gasteiger partial charge on any atom is -0.391 e. The van der Waals surface area contributed by atoms with Crippen molar-refractivity contribution in [3.8, 4) is 5.88 Å². The molecule has 0 bridgehead atoms. The number of nitrogens with one attached hydrogen (secondary N) is 1. The fourth-order valence-electron chi connectivity index (χ4n) is 0.942. The minimum atomic E-state index is -3.18. The molecule has 0 aliphatic rings. The molecular formula is C10H16N4O2. The van der Waals surface area contributed by atoms with Gasteiger partial charge in [-0.2, -0.15) is 4.98 Å². The van der Waals surface area contributed by atoms with Crippen molar-refractivity contribution in [2.45, 2.75) is 13.8 Å². The Balaban J connectivity index is 3.18. The molecule has 1 aromatic heterocycles. The normalized spacial score (nSPS) is 16.9. The number of ether oxygens (including phenoxy) is 1. The SMILES string of the molecule is [2H]C([2H])([2H])N(C(=O)Oc1nc(NC)nc(C)c1C)C([2H])([2H])[2H]. The molecule has 1 aromatic rings. The monoisotopic (exact) mass is 230 g/mol. The molecule has 1 rings (SSSR count). The first-order chi connectivity index (χ1) is 9.87. The number of rotatable bonds is 2. The average Bonchev–Trinajstić information content (AvgIpc) is 2.30. The molecule has 0 unspecified atom stereocenters. The number of nitrogens with zero attached hydrogens (tertiary/aromatic N) is 3. The molecule has 16 heavy (non-hydrogen) atoms. The van der Waals surface area contributed by atoms with Crippen molar-refractivity contribution in [1.82, 2.24) is 14.9 Å². The average molecular weight is 230 g/mol. The highest BCUT2D eigenvalue weighted by Crippen LogP contribution is 2.19. The van der Waals surface area contributed by atoms with E-state index in [1.165, 1.54) is 0 Å². The third kappa shape index (κ3) is 2.59. The summed E-state index contributed by atoms with van der Waals surface area (Å²) in [5, 5.41) is 2.65. The van der Waals surface area contributed by atoms with Gasteiger partial charge in [0.05, 0.1) is 0 Å². The number of carbonyl (C=O) groups excluding carboxylic acids is 1. The fraction of sp³-hybridized carbons (Fsp3) is 0.500. The maximum atomic E-state index is 12.0. The van der Waals surface area contributed by atoms with Crippen LogP contribution in [0.2, 0.25) is 0 Å². The first-order valence-corrected chi connectivity index (χ1v) is 4.43. The second kappa shape index (κ2) is 4.78. The summed E-state index contributed by atoms with van der Waals surface area (Å²) in [6.07, 6.45) is -1.54. The molecule has 0 saturated heterocycles. The highest BCUT2D eigenvalue weighted by Gasteiger charge is 2.13. The van der Waals surface area contributed by atoms with Crippen LogP contribution < -0.4 is 10.1 Å². The molecule has 0 aliphatic carbocycles. The maximum absolute atomic E-state index is 12.0. The Labute approximate surface area is 103 Å². The van der Waals surface area contributed by atoms with E-state index in [4.69, 9.17) is 13.0 Å². The largest absolute Gasteiger partial charge is 0.416 e. The van der Waals surface area contributed by atoms with Crippen LogP contribution in [0.4, 0.5) is 10.7 Å². The quantitative estimate of drug-likeness (QED) is 0.826. The summed E-state index contributed by atoms with van der Waals surface area (Å²) in [5.41, 5.74) is 0.889. The van der Waals surface area contributed by atoms with Crippen LogP contribution in [0.3, 0.4) is 0 Å². The molecule has 0 radical (unpaired) electrons. The van der Waals surface area contributed by atoms with Crippen LogP contribution in [0.1, 0.15) is 19.5 Å². The number of anilines is 1. The molecule has 1 heterocycles. The number of hydrogen-bond acceptors (Lipinski definition) is 5. The van der Waals surface area contributed by atoms with Crippen LogP contribution in [0, 0.1) is 13.8 Å². The summed E-state index contributed by atoms with van der Waals surface area (Å²) in [5.74, 6) is -0.0550. The van der Waals surface area contributed by atoms with Gasteiger partial charge in [-0.05, 0) is 13.8 Å². The van der Waals surface area contributed by atoms with E-state index in [1.807, 2.05) is 0 Å². The van der Waals surface area contributed by atoms with Gasteiger partial charge in [0.25, 0.3) is 0 Å². The molecule has 0 fully saturated rings. The zero-order chi connectivity index (χ0) is 17.3. The van der Waals surface area contributed by atoms with Crippen LogP contribution in [0.25, 0.3) is 0 Å². The Kier molecular flexibility index (Phi) is 1.80. The van der Waals surface area contributed by atoms with Gasteiger partial charge in [0, 0.05) is 40.5 Å². The van der Waals surface area contributed by atoms with E-state index in [9.17, 15) is 4.79 Å². The van der Waals surface area contributed by atoms with Gasteiger partial charge in [-0.1, -0.05) is 0 Å². The molecule has 6 heteroatoms. The molecule has 0 spiro atoms. The summed E-state index contributed by atoms with van der Waals surface area (Å²) >= 11 is 0. The van der Waals surface area contributed by atoms with Crippen LogP contribution in [-0.4, -0.2) is 42.0 Å². The number of aromatic nitrogens is 2. The Bertz CT molecular complexity index is 558. The van der Waals surface area contributed by atoms with Gasteiger partial charge < -0.3 is 15.0 Å². The first kappa shape index (κ1) is 6.03. The standard InChI is InChI=1S/C10H16N4O2/c1-6-7(2)12-9(11-3)13-8(6)16-10(15)14(4)5/h1-5H3,(H,11,12,13)/i4D3,5D3. The molecule has 0 aromatic carbocycles. The molecule has 1 amide bonds. The second-order valence-electron chi connectivity index (χ2n) is 3.02. The summed E-state index contributed by atoms with van der Waals surface area (Å²) in [6, 6.07) is 0. The Morgan fingerprint density at radius 2 is 2.12 bits per heavy atom. The molecule has 0 aliphatic heterocycles. The lowest BCUT2D eigenvalue weighted by Crippen LogP contribution is -2.26. The first-order valence-electron chi connectivity index (χ1n) is 7.43. The van der Waals surface area contributed by atoms with E-state index in [2.05, 4.69) is 15.3 Å². The lowest BCUT2D eigenvalue weighted by atomic mass is 10.2. The number of hydrogen-bond donors (Lipinski definition) is 1. The lowest BCUT2D eigenvalue weighted by molar-refractivity contribution is 0.169. The van der Waals surface area contributed by atoms with Crippen molar-refractivity contribution >= 4 is 12.0 Å². The van der Waals surface area contributed by atoms with Gasteiger partial charge in [0.1, 0.15) is 0 Å². The number of amides is 1. The van der Waals surface area contributed by atoms with Gasteiger partial charge >= 0.3 is 6.09 Å². The van der Waals surface area contributed by atoms with E-state index in [-0.39, 0.29) is 16.7 Å². The fourth-order valence-corrected chi connectivity index (χ4v) is 0.942. The van der Waals surface area contributed by atoms with E-state index < -0.39 is 20.0 Å². The van der Waals surface area contributed by atoms with Crippen molar-refractivity contribution in [1.29, 1.82) is 0 Å². The van der Waals surface area contributed by atoms with Crippen LogP contribution in [-0.2, 0) is 0 Å². The van der Waals surface area contributed by atoms with Crippen LogP contribution in [0.5, 0.6) is 5.88 Å². The topological polar surface area (TPSA) is 67.4 Å². The minimum absolute atomic E-state index is 0.153. The highest BCUT2D eigenvalue weighted by atomic mass is 16.6. The van der Waals surface area contributed by atoms with Gasteiger partial charge in [0.15, 0.2) is 0 Å². The molecule has 0 atom stereocenters. The van der Waals surface area contributed by atoms with Gasteiger partial charge in [-0.15, -0.1) is 0 Å². The van der Waals surface area contributed by atoms with E-state index in [0.717, 1.165) is 0 Å². The molecule has 6 nitrogen and oxygen atoms in total. The predicted molar refractivity (Wildman–Crippen MR) is 60.8 cm³/mol.